The van der Waals surface area contributed by atoms with Gasteiger partial charge in [0.25, 0.3) is 5.91 Å². The fourth-order valence-electron chi connectivity index (χ4n) is 2.10. The summed E-state index contributed by atoms with van der Waals surface area (Å²) < 4.78 is 10.5. The van der Waals surface area contributed by atoms with Crippen molar-refractivity contribution >= 4 is 17.6 Å². The van der Waals surface area contributed by atoms with Crippen molar-refractivity contribution < 1.29 is 19.1 Å². The number of amides is 1. The van der Waals surface area contributed by atoms with Crippen molar-refractivity contribution in [1.82, 2.24) is 0 Å². The van der Waals surface area contributed by atoms with E-state index >= 15 is 0 Å². The van der Waals surface area contributed by atoms with Crippen molar-refractivity contribution in [1.29, 1.82) is 0 Å². The number of hydrogen-bond donors (Lipinski definition) is 1. The molecule has 0 bridgehead atoms. The highest BCUT2D eigenvalue weighted by Gasteiger charge is 2.12. The topological polar surface area (TPSA) is 64.6 Å². The highest BCUT2D eigenvalue weighted by molar-refractivity contribution is 6.06. The SMILES string of the molecule is CCCOC(=O)c1ccc(NC(=O)c2ccccc2OCC)cc1. The highest BCUT2D eigenvalue weighted by atomic mass is 16.5. The number of carbonyl (C=O) groups excluding carboxylic acids is 2. The van der Waals surface area contributed by atoms with Crippen LogP contribution in [0.15, 0.2) is 48.5 Å². The maximum atomic E-state index is 12.4. The third-order valence-corrected chi connectivity index (χ3v) is 3.25. The van der Waals surface area contributed by atoms with Crippen molar-refractivity contribution in [3.05, 3.63) is 59.7 Å². The molecule has 0 aliphatic rings. The van der Waals surface area contributed by atoms with Crippen LogP contribution in [0, 0.1) is 0 Å². The minimum Gasteiger partial charge on any atom is -0.493 e. The average Bonchev–Trinajstić information content (AvgIpc) is 2.61. The third-order valence-electron chi connectivity index (χ3n) is 3.25. The van der Waals surface area contributed by atoms with Gasteiger partial charge < -0.3 is 14.8 Å². The van der Waals surface area contributed by atoms with Crippen molar-refractivity contribution in [2.45, 2.75) is 20.3 Å². The van der Waals surface area contributed by atoms with Gasteiger partial charge in [0.15, 0.2) is 0 Å². The molecule has 0 saturated carbocycles. The second kappa shape index (κ2) is 8.72. The maximum Gasteiger partial charge on any atom is 0.338 e. The van der Waals surface area contributed by atoms with Gasteiger partial charge in [-0.05, 0) is 49.7 Å². The lowest BCUT2D eigenvalue weighted by molar-refractivity contribution is 0.0505. The van der Waals surface area contributed by atoms with Gasteiger partial charge in [0, 0.05) is 5.69 Å². The lowest BCUT2D eigenvalue weighted by atomic mass is 10.1. The number of benzene rings is 2. The zero-order valence-corrected chi connectivity index (χ0v) is 13.9. The summed E-state index contributed by atoms with van der Waals surface area (Å²) in [7, 11) is 0. The number of nitrogens with one attached hydrogen (secondary N) is 1. The van der Waals surface area contributed by atoms with Crippen molar-refractivity contribution in [3.8, 4) is 5.75 Å². The molecule has 5 nitrogen and oxygen atoms in total. The summed E-state index contributed by atoms with van der Waals surface area (Å²) in [6.45, 7) is 4.68. The maximum absolute atomic E-state index is 12.4. The van der Waals surface area contributed by atoms with Crippen molar-refractivity contribution in [2.75, 3.05) is 18.5 Å². The summed E-state index contributed by atoms with van der Waals surface area (Å²) >= 11 is 0. The predicted molar refractivity (Wildman–Crippen MR) is 92.6 cm³/mol. The Kier molecular flexibility index (Phi) is 6.37. The molecule has 0 unspecified atom stereocenters. The summed E-state index contributed by atoms with van der Waals surface area (Å²) in [5.41, 5.74) is 1.51. The Hall–Kier alpha value is -2.82. The molecule has 0 radical (unpaired) electrons. The fraction of sp³-hybridized carbons (Fsp3) is 0.263. The zero-order chi connectivity index (χ0) is 17.4. The van der Waals surface area contributed by atoms with Gasteiger partial charge in [-0.15, -0.1) is 0 Å². The van der Waals surface area contributed by atoms with E-state index in [-0.39, 0.29) is 11.9 Å². The first-order chi connectivity index (χ1) is 11.7. The molecule has 0 spiro atoms. The minimum absolute atomic E-state index is 0.264. The summed E-state index contributed by atoms with van der Waals surface area (Å²) in [5.74, 6) is -0.0889. The van der Waals surface area contributed by atoms with Crippen LogP contribution in [0.25, 0.3) is 0 Å². The van der Waals surface area contributed by atoms with Crippen molar-refractivity contribution in [2.24, 2.45) is 0 Å². The lowest BCUT2D eigenvalue weighted by Crippen LogP contribution is -2.14. The highest BCUT2D eigenvalue weighted by Crippen LogP contribution is 2.20. The Balaban J connectivity index is 2.06. The first kappa shape index (κ1) is 17.5. The van der Waals surface area contributed by atoms with Gasteiger partial charge in [-0.1, -0.05) is 19.1 Å². The van der Waals surface area contributed by atoms with Crippen LogP contribution in [0.1, 0.15) is 41.0 Å². The molecule has 0 fully saturated rings. The normalized spacial score (nSPS) is 10.1. The van der Waals surface area contributed by atoms with Crippen LogP contribution in [-0.4, -0.2) is 25.1 Å². The van der Waals surface area contributed by atoms with Crippen LogP contribution in [-0.2, 0) is 4.74 Å². The number of carbonyl (C=O) groups is 2. The molecule has 0 aliphatic carbocycles. The quantitative estimate of drug-likeness (QED) is 0.783. The van der Waals surface area contributed by atoms with Crippen LogP contribution in [0.2, 0.25) is 0 Å². The molecule has 2 aromatic carbocycles. The Labute approximate surface area is 141 Å². The molecule has 126 valence electrons. The van der Waals surface area contributed by atoms with Crippen LogP contribution in [0.5, 0.6) is 5.75 Å². The largest absolute Gasteiger partial charge is 0.493 e. The molecule has 0 aliphatic heterocycles. The third kappa shape index (κ3) is 4.59. The van der Waals surface area contributed by atoms with Gasteiger partial charge in [-0.25, -0.2) is 4.79 Å². The number of rotatable bonds is 7. The Morgan fingerprint density at radius 3 is 2.38 bits per heavy atom. The minimum atomic E-state index is -0.364. The molecule has 2 aromatic rings. The first-order valence-corrected chi connectivity index (χ1v) is 7.96. The molecule has 0 heterocycles. The van der Waals surface area contributed by atoms with Gasteiger partial charge in [0.1, 0.15) is 5.75 Å². The van der Waals surface area contributed by atoms with E-state index in [1.165, 1.54) is 0 Å². The molecule has 0 aromatic heterocycles. The zero-order valence-electron chi connectivity index (χ0n) is 13.9. The van der Waals surface area contributed by atoms with Crippen LogP contribution in [0.4, 0.5) is 5.69 Å². The summed E-state index contributed by atoms with van der Waals surface area (Å²) in [6, 6.07) is 13.7. The molecular formula is C19H21NO4. The van der Waals surface area contributed by atoms with E-state index in [2.05, 4.69) is 5.32 Å². The second-order valence-electron chi connectivity index (χ2n) is 5.10. The van der Waals surface area contributed by atoms with Crippen LogP contribution >= 0.6 is 0 Å². The molecule has 1 amide bonds. The van der Waals surface area contributed by atoms with Gasteiger partial charge >= 0.3 is 5.97 Å². The number of hydrogen-bond acceptors (Lipinski definition) is 4. The number of esters is 1. The van der Waals surface area contributed by atoms with E-state index in [0.29, 0.717) is 35.8 Å². The molecule has 0 saturated heterocycles. The smallest absolute Gasteiger partial charge is 0.338 e. The van der Waals surface area contributed by atoms with Crippen LogP contribution in [0.3, 0.4) is 0 Å². The summed E-state index contributed by atoms with van der Waals surface area (Å²) in [4.78, 5) is 24.1. The summed E-state index contributed by atoms with van der Waals surface area (Å²) in [6.07, 6.45) is 0.777. The van der Waals surface area contributed by atoms with Gasteiger partial charge in [-0.2, -0.15) is 0 Å². The van der Waals surface area contributed by atoms with E-state index in [1.54, 1.807) is 42.5 Å². The Bertz CT molecular complexity index is 695. The summed E-state index contributed by atoms with van der Waals surface area (Å²) in [5, 5.41) is 2.80. The second-order valence-corrected chi connectivity index (χ2v) is 5.10. The lowest BCUT2D eigenvalue weighted by Gasteiger charge is -2.10. The first-order valence-electron chi connectivity index (χ1n) is 7.96. The van der Waals surface area contributed by atoms with E-state index in [0.717, 1.165) is 6.42 Å². The molecular weight excluding hydrogens is 306 g/mol. The molecule has 1 N–H and O–H groups in total. The molecule has 5 heteroatoms. The Morgan fingerprint density at radius 1 is 1.00 bits per heavy atom. The number of ether oxygens (including phenoxy) is 2. The van der Waals surface area contributed by atoms with Crippen LogP contribution < -0.4 is 10.1 Å². The van der Waals surface area contributed by atoms with E-state index in [9.17, 15) is 9.59 Å². The van der Waals surface area contributed by atoms with Crippen molar-refractivity contribution in [3.63, 3.8) is 0 Å². The molecule has 24 heavy (non-hydrogen) atoms. The van der Waals surface area contributed by atoms with Gasteiger partial charge in [0.2, 0.25) is 0 Å². The number of para-hydroxylation sites is 1. The Morgan fingerprint density at radius 2 is 1.71 bits per heavy atom. The monoisotopic (exact) mass is 327 g/mol. The fourth-order valence-corrected chi connectivity index (χ4v) is 2.10. The number of anilines is 1. The van der Waals surface area contributed by atoms with Gasteiger partial charge in [-0.3, -0.25) is 4.79 Å². The average molecular weight is 327 g/mol. The van der Waals surface area contributed by atoms with E-state index in [1.807, 2.05) is 19.9 Å². The molecule has 0 atom stereocenters. The van der Waals surface area contributed by atoms with E-state index < -0.39 is 0 Å². The van der Waals surface area contributed by atoms with E-state index in [4.69, 9.17) is 9.47 Å². The standard InChI is InChI=1S/C19H21NO4/c1-3-13-24-19(22)14-9-11-15(12-10-14)20-18(21)16-7-5-6-8-17(16)23-4-2/h5-12H,3-4,13H2,1-2H3,(H,20,21). The van der Waals surface area contributed by atoms with Gasteiger partial charge in [0.05, 0.1) is 24.3 Å². The molecule has 2 rings (SSSR count). The predicted octanol–water partition coefficient (Wildman–Crippen LogP) is 3.90.